The Balaban J connectivity index is 1.45. The van der Waals surface area contributed by atoms with E-state index < -0.39 is 34.3 Å². The largest absolute Gasteiger partial charge is 0.493 e. The van der Waals surface area contributed by atoms with Gasteiger partial charge in [-0.05, 0) is 71.4 Å². The number of methoxy groups -OCH3 is 1. The van der Waals surface area contributed by atoms with Gasteiger partial charge in [0.1, 0.15) is 19.0 Å². The van der Waals surface area contributed by atoms with Crippen molar-refractivity contribution in [2.75, 3.05) is 19.0 Å². The number of nitrogens with one attached hydrogen (secondary N) is 1. The maximum Gasteiger partial charge on any atom is 0.294 e. The molecule has 0 saturated carbocycles. The summed E-state index contributed by atoms with van der Waals surface area (Å²) in [4.78, 5) is 49.1. The fourth-order valence-corrected chi connectivity index (χ4v) is 4.95. The zero-order chi connectivity index (χ0) is 29.0. The zero-order valence-electron chi connectivity index (χ0n) is 20.5. The first kappa shape index (κ1) is 29.1. The second kappa shape index (κ2) is 12.5. The normalized spacial score (nSPS) is 14.0. The molecule has 0 aliphatic carbocycles. The van der Waals surface area contributed by atoms with E-state index in [4.69, 9.17) is 21.1 Å². The summed E-state index contributed by atoms with van der Waals surface area (Å²) < 4.78 is 25.1. The van der Waals surface area contributed by atoms with Crippen LogP contribution in [0.25, 0.3) is 6.08 Å². The van der Waals surface area contributed by atoms with Gasteiger partial charge >= 0.3 is 0 Å². The smallest absolute Gasteiger partial charge is 0.294 e. The van der Waals surface area contributed by atoms with Crippen LogP contribution in [0.1, 0.15) is 11.1 Å². The lowest BCUT2D eigenvalue weighted by Gasteiger charge is -2.13. The molecule has 3 aromatic carbocycles. The van der Waals surface area contributed by atoms with Crippen LogP contribution < -0.4 is 14.8 Å². The number of hydrogen-bond donors (Lipinski definition) is 1. The summed E-state index contributed by atoms with van der Waals surface area (Å²) in [6.45, 7) is -0.428. The van der Waals surface area contributed by atoms with Gasteiger partial charge in [0.05, 0.1) is 22.0 Å². The molecule has 0 bridgehead atoms. The zero-order valence-corrected chi connectivity index (χ0v) is 23.6. The summed E-state index contributed by atoms with van der Waals surface area (Å²) >= 11 is 9.82. The molecule has 0 atom stereocenters. The van der Waals surface area contributed by atoms with Crippen LogP contribution in [-0.2, 0) is 16.2 Å². The Morgan fingerprint density at radius 2 is 1.90 bits per heavy atom. The number of nitrogens with zero attached hydrogens (tertiary/aromatic N) is 2. The predicted molar refractivity (Wildman–Crippen MR) is 151 cm³/mol. The molecule has 0 aromatic heterocycles. The van der Waals surface area contributed by atoms with E-state index in [-0.39, 0.29) is 27.9 Å². The van der Waals surface area contributed by atoms with Gasteiger partial charge in [-0.3, -0.25) is 29.4 Å². The van der Waals surface area contributed by atoms with E-state index in [0.717, 1.165) is 11.0 Å². The number of thioether (sulfide) groups is 1. The van der Waals surface area contributed by atoms with Crippen LogP contribution in [0.4, 0.5) is 20.6 Å². The first-order chi connectivity index (χ1) is 19.0. The standard InChI is InChI=1S/C26H18BrClFN3O7S/c1-38-21-8-15(18(27)11-22(21)39-13-14-2-5-17(6-3-14)32(36)37)9-23-25(34)31(26(35)40-23)12-24(33)30-16-4-7-20(29)19(28)10-16/h2-11H,12-13H2,1H3,(H,30,33)/b23-9+. The van der Waals surface area contributed by atoms with Crippen molar-refractivity contribution < 1.29 is 33.2 Å². The molecule has 0 unspecified atom stereocenters. The van der Waals surface area contributed by atoms with Crippen LogP contribution in [0.5, 0.6) is 11.5 Å². The van der Waals surface area contributed by atoms with Crippen LogP contribution in [0, 0.1) is 15.9 Å². The van der Waals surface area contributed by atoms with E-state index in [2.05, 4.69) is 21.2 Å². The first-order valence-corrected chi connectivity index (χ1v) is 13.3. The SMILES string of the molecule is COc1cc(/C=C2/SC(=O)N(CC(=O)Nc3ccc(F)c(Cl)c3)C2=O)c(Br)cc1OCc1ccc([N+](=O)[O-])cc1. The molecule has 206 valence electrons. The monoisotopic (exact) mass is 649 g/mol. The van der Waals surface area contributed by atoms with Gasteiger partial charge in [-0.2, -0.15) is 0 Å². The molecular weight excluding hydrogens is 633 g/mol. The second-order valence-electron chi connectivity index (χ2n) is 8.18. The highest BCUT2D eigenvalue weighted by molar-refractivity contribution is 9.10. The Bertz CT molecular complexity index is 1550. The van der Waals surface area contributed by atoms with Crippen molar-refractivity contribution in [3.05, 3.63) is 96.1 Å². The van der Waals surface area contributed by atoms with Crippen LogP contribution >= 0.6 is 39.3 Å². The predicted octanol–water partition coefficient (Wildman–Crippen LogP) is 6.41. The van der Waals surface area contributed by atoms with Gasteiger partial charge in [-0.25, -0.2) is 4.39 Å². The lowest BCUT2D eigenvalue weighted by molar-refractivity contribution is -0.384. The highest BCUT2D eigenvalue weighted by Crippen LogP contribution is 2.38. The summed E-state index contributed by atoms with van der Waals surface area (Å²) in [5, 5.41) is 12.5. The van der Waals surface area contributed by atoms with Crippen molar-refractivity contribution >= 4 is 73.8 Å². The average molecular weight is 651 g/mol. The maximum absolute atomic E-state index is 13.3. The summed E-state index contributed by atoms with van der Waals surface area (Å²) in [5.74, 6) is -1.26. The Labute approximate surface area is 244 Å². The Kier molecular flexibility index (Phi) is 9.07. The number of ether oxygens (including phenoxy) is 2. The Morgan fingerprint density at radius 1 is 1.18 bits per heavy atom. The molecule has 40 heavy (non-hydrogen) atoms. The number of amides is 3. The van der Waals surface area contributed by atoms with Gasteiger partial charge < -0.3 is 14.8 Å². The molecule has 1 N–H and O–H groups in total. The van der Waals surface area contributed by atoms with E-state index in [1.54, 1.807) is 24.3 Å². The number of non-ortho nitro benzene ring substituents is 1. The van der Waals surface area contributed by atoms with Gasteiger partial charge in [0.2, 0.25) is 5.91 Å². The lowest BCUT2D eigenvalue weighted by atomic mass is 10.1. The van der Waals surface area contributed by atoms with Gasteiger partial charge in [0.15, 0.2) is 11.5 Å². The molecule has 0 spiro atoms. The number of halogens is 3. The number of carbonyl (C=O) groups is 3. The maximum atomic E-state index is 13.3. The number of nitro benzene ring substituents is 1. The number of nitro groups is 1. The molecule has 3 aromatic rings. The molecule has 14 heteroatoms. The van der Waals surface area contributed by atoms with E-state index in [1.165, 1.54) is 37.5 Å². The molecule has 0 radical (unpaired) electrons. The highest BCUT2D eigenvalue weighted by Gasteiger charge is 2.36. The summed E-state index contributed by atoms with van der Waals surface area (Å²) in [5.41, 5.74) is 1.39. The molecule has 3 amide bonds. The number of benzene rings is 3. The topological polar surface area (TPSA) is 128 Å². The summed E-state index contributed by atoms with van der Waals surface area (Å²) in [6.07, 6.45) is 1.48. The first-order valence-electron chi connectivity index (χ1n) is 11.3. The molecule has 1 aliphatic rings. The van der Waals surface area contributed by atoms with Crippen molar-refractivity contribution in [2.45, 2.75) is 6.61 Å². The molecule has 1 aliphatic heterocycles. The lowest BCUT2D eigenvalue weighted by Crippen LogP contribution is -2.36. The van der Waals surface area contributed by atoms with Gasteiger partial charge in [0, 0.05) is 22.3 Å². The number of hydrogen-bond acceptors (Lipinski definition) is 8. The average Bonchev–Trinajstić information content (AvgIpc) is 3.18. The Hall–Kier alpha value is -3.94. The van der Waals surface area contributed by atoms with Crippen LogP contribution in [0.3, 0.4) is 0 Å². The number of anilines is 1. The molecule has 1 fully saturated rings. The van der Waals surface area contributed by atoms with Gasteiger partial charge in [0.25, 0.3) is 16.8 Å². The van der Waals surface area contributed by atoms with Crippen molar-refractivity contribution in [3.8, 4) is 11.5 Å². The quantitative estimate of drug-likeness (QED) is 0.160. The molecule has 1 saturated heterocycles. The van der Waals surface area contributed by atoms with E-state index >= 15 is 0 Å². The van der Waals surface area contributed by atoms with Gasteiger partial charge in [-0.15, -0.1) is 0 Å². The number of rotatable bonds is 9. The third kappa shape index (κ3) is 6.79. The minimum Gasteiger partial charge on any atom is -0.493 e. The van der Waals surface area contributed by atoms with Crippen LogP contribution in [0.15, 0.2) is 64.0 Å². The third-order valence-electron chi connectivity index (χ3n) is 5.49. The number of imide groups is 1. The fraction of sp³-hybridized carbons (Fsp3) is 0.115. The Morgan fingerprint density at radius 3 is 2.55 bits per heavy atom. The van der Waals surface area contributed by atoms with Crippen LogP contribution in [0.2, 0.25) is 5.02 Å². The van der Waals surface area contributed by atoms with E-state index in [1.807, 2.05) is 0 Å². The van der Waals surface area contributed by atoms with Crippen molar-refractivity contribution in [1.29, 1.82) is 0 Å². The molecule has 4 rings (SSSR count). The van der Waals surface area contributed by atoms with Crippen LogP contribution in [-0.4, -0.2) is 40.5 Å². The summed E-state index contributed by atoms with van der Waals surface area (Å²) in [7, 11) is 1.44. The van der Waals surface area contributed by atoms with Crippen molar-refractivity contribution in [2.24, 2.45) is 0 Å². The van der Waals surface area contributed by atoms with E-state index in [0.29, 0.717) is 38.9 Å². The fourth-order valence-electron chi connectivity index (χ4n) is 3.50. The minimum atomic E-state index is -0.663. The van der Waals surface area contributed by atoms with E-state index in [9.17, 15) is 28.9 Å². The third-order valence-corrected chi connectivity index (χ3v) is 7.37. The molecule has 10 nitrogen and oxygen atoms in total. The minimum absolute atomic E-state index is 0.0312. The summed E-state index contributed by atoms with van der Waals surface area (Å²) in [6, 6.07) is 12.8. The molecule has 1 heterocycles. The van der Waals surface area contributed by atoms with Gasteiger partial charge in [-0.1, -0.05) is 27.5 Å². The molecular formula is C26H18BrClFN3O7S. The second-order valence-corrected chi connectivity index (χ2v) is 10.4. The highest BCUT2D eigenvalue weighted by atomic mass is 79.9. The van der Waals surface area contributed by atoms with Crippen molar-refractivity contribution in [3.63, 3.8) is 0 Å². The number of carbonyl (C=O) groups excluding carboxylic acids is 3. The van der Waals surface area contributed by atoms with Crippen molar-refractivity contribution in [1.82, 2.24) is 4.90 Å².